The van der Waals surface area contributed by atoms with Gasteiger partial charge < -0.3 is 35.6 Å². The molecule has 0 aromatic heterocycles. The zero-order chi connectivity index (χ0) is 14.0. The Morgan fingerprint density at radius 3 is 2.42 bits per heavy atom. The topological polar surface area (TPSA) is 125 Å². The molecule has 1 aliphatic rings. The van der Waals surface area contributed by atoms with Crippen molar-refractivity contribution in [2.24, 2.45) is 0 Å². The van der Waals surface area contributed by atoms with Crippen LogP contribution in [-0.2, 0) is 4.74 Å². The Labute approximate surface area is 109 Å². The molecule has 7 heteroatoms. The first kappa shape index (κ1) is 14.0. The van der Waals surface area contributed by atoms with E-state index in [1.54, 1.807) is 24.3 Å². The fourth-order valence-corrected chi connectivity index (χ4v) is 1.88. The van der Waals surface area contributed by atoms with Crippen LogP contribution in [0.25, 0.3) is 0 Å². The molecule has 0 saturated carbocycles. The predicted octanol–water partition coefficient (Wildman–Crippen LogP) is -1.55. The Morgan fingerprint density at radius 2 is 1.79 bits per heavy atom. The van der Waals surface area contributed by atoms with Crippen molar-refractivity contribution < 1.29 is 29.9 Å². The Morgan fingerprint density at radius 1 is 1.11 bits per heavy atom. The van der Waals surface area contributed by atoms with Gasteiger partial charge in [-0.3, -0.25) is 0 Å². The van der Waals surface area contributed by atoms with E-state index < -0.39 is 37.3 Å². The van der Waals surface area contributed by atoms with E-state index in [0.717, 1.165) is 0 Å². The second-order valence-corrected chi connectivity index (χ2v) is 4.35. The average Bonchev–Trinajstić information content (AvgIpc) is 2.41. The van der Waals surface area contributed by atoms with Crippen LogP contribution in [0.2, 0.25) is 0 Å². The normalized spacial score (nSPS) is 35.1. The summed E-state index contributed by atoms with van der Waals surface area (Å²) < 4.78 is 10.6. The van der Waals surface area contributed by atoms with E-state index in [1.165, 1.54) is 0 Å². The van der Waals surface area contributed by atoms with Crippen molar-refractivity contribution in [1.82, 2.24) is 0 Å². The molecule has 2 rings (SSSR count). The minimum atomic E-state index is -1.47. The Kier molecular flexibility index (Phi) is 4.23. The quantitative estimate of drug-likeness (QED) is 0.421. The monoisotopic (exact) mass is 271 g/mol. The molecule has 1 aromatic carbocycles. The highest BCUT2D eigenvalue weighted by molar-refractivity contribution is 5.51. The summed E-state index contributed by atoms with van der Waals surface area (Å²) in [4.78, 5) is 0. The van der Waals surface area contributed by atoms with Gasteiger partial charge in [-0.1, -0.05) is 12.1 Å². The zero-order valence-electron chi connectivity index (χ0n) is 10.1. The lowest BCUT2D eigenvalue weighted by Crippen LogP contribution is -2.60. The van der Waals surface area contributed by atoms with Crippen LogP contribution < -0.4 is 10.5 Å². The van der Waals surface area contributed by atoms with Crippen LogP contribution in [0.3, 0.4) is 0 Å². The third-order valence-corrected chi connectivity index (χ3v) is 3.01. The Balaban J connectivity index is 2.13. The highest BCUT2D eigenvalue weighted by Crippen LogP contribution is 2.27. The molecule has 7 nitrogen and oxygen atoms in total. The number of hydrogen-bond donors (Lipinski definition) is 5. The van der Waals surface area contributed by atoms with E-state index in [4.69, 9.17) is 20.3 Å². The van der Waals surface area contributed by atoms with Crippen molar-refractivity contribution in [1.29, 1.82) is 0 Å². The van der Waals surface area contributed by atoms with Crippen molar-refractivity contribution in [3.63, 3.8) is 0 Å². The molecule has 0 aliphatic carbocycles. The molecule has 1 aromatic rings. The van der Waals surface area contributed by atoms with E-state index in [0.29, 0.717) is 5.69 Å². The molecule has 1 fully saturated rings. The number of aliphatic hydroxyl groups excluding tert-OH is 4. The highest BCUT2D eigenvalue weighted by Gasteiger charge is 2.44. The fourth-order valence-electron chi connectivity index (χ4n) is 1.88. The first-order valence-electron chi connectivity index (χ1n) is 5.86. The summed E-state index contributed by atoms with van der Waals surface area (Å²) in [5.74, 6) is 0.284. The van der Waals surface area contributed by atoms with E-state index >= 15 is 0 Å². The van der Waals surface area contributed by atoms with Crippen LogP contribution in [0.4, 0.5) is 5.69 Å². The summed E-state index contributed by atoms with van der Waals surface area (Å²) in [6.07, 6.45) is -6.56. The Hall–Kier alpha value is -1.38. The summed E-state index contributed by atoms with van der Waals surface area (Å²) in [6, 6.07) is 6.60. The SMILES string of the molecule is Nc1ccccc1O[C@H]1O[C@@H](CO)[C@@H](O)[C@@H](O)[C@H]1O. The van der Waals surface area contributed by atoms with Gasteiger partial charge in [-0.05, 0) is 12.1 Å². The van der Waals surface area contributed by atoms with Gasteiger partial charge in [0.15, 0.2) is 0 Å². The summed E-state index contributed by atoms with van der Waals surface area (Å²) in [6.45, 7) is -0.505. The molecule has 5 atom stereocenters. The number of aliphatic hydroxyl groups is 4. The van der Waals surface area contributed by atoms with Crippen molar-refractivity contribution in [3.05, 3.63) is 24.3 Å². The third kappa shape index (κ3) is 2.80. The first-order valence-corrected chi connectivity index (χ1v) is 5.86. The van der Waals surface area contributed by atoms with Gasteiger partial charge in [0.25, 0.3) is 0 Å². The lowest BCUT2D eigenvalue weighted by Gasteiger charge is -2.39. The molecule has 0 unspecified atom stereocenters. The lowest BCUT2D eigenvalue weighted by atomic mass is 9.99. The largest absolute Gasteiger partial charge is 0.460 e. The molecule has 0 bridgehead atoms. The van der Waals surface area contributed by atoms with Crippen molar-refractivity contribution in [2.75, 3.05) is 12.3 Å². The number of para-hydroxylation sites is 2. The second-order valence-electron chi connectivity index (χ2n) is 4.35. The van der Waals surface area contributed by atoms with Crippen molar-refractivity contribution >= 4 is 5.69 Å². The van der Waals surface area contributed by atoms with Crippen LogP contribution in [0.5, 0.6) is 5.75 Å². The summed E-state index contributed by atoms with van der Waals surface area (Å²) >= 11 is 0. The lowest BCUT2D eigenvalue weighted by molar-refractivity contribution is -0.277. The number of ether oxygens (including phenoxy) is 2. The molecule has 0 spiro atoms. The molecular formula is C12H17NO6. The number of rotatable bonds is 3. The zero-order valence-corrected chi connectivity index (χ0v) is 10.1. The molecule has 1 heterocycles. The van der Waals surface area contributed by atoms with E-state index in [1.807, 2.05) is 0 Å². The number of benzene rings is 1. The van der Waals surface area contributed by atoms with Crippen molar-refractivity contribution in [3.8, 4) is 5.75 Å². The van der Waals surface area contributed by atoms with Gasteiger partial charge in [-0.25, -0.2) is 0 Å². The fraction of sp³-hybridized carbons (Fsp3) is 0.500. The van der Waals surface area contributed by atoms with E-state index in [2.05, 4.69) is 0 Å². The van der Waals surface area contributed by atoms with Crippen LogP contribution in [0, 0.1) is 0 Å². The summed E-state index contributed by atoms with van der Waals surface area (Å²) in [5, 5.41) is 38.1. The second kappa shape index (κ2) is 5.72. The molecule has 0 radical (unpaired) electrons. The number of anilines is 1. The van der Waals surface area contributed by atoms with Crippen molar-refractivity contribution in [2.45, 2.75) is 30.7 Å². The van der Waals surface area contributed by atoms with Crippen LogP contribution >= 0.6 is 0 Å². The molecule has 1 aliphatic heterocycles. The van der Waals surface area contributed by atoms with Gasteiger partial charge >= 0.3 is 0 Å². The predicted molar refractivity (Wildman–Crippen MR) is 65.2 cm³/mol. The number of nitrogens with two attached hydrogens (primary N) is 1. The molecule has 6 N–H and O–H groups in total. The minimum absolute atomic E-state index is 0.284. The molecular weight excluding hydrogens is 254 g/mol. The van der Waals surface area contributed by atoms with Crippen LogP contribution in [0.15, 0.2) is 24.3 Å². The summed E-state index contributed by atoms with van der Waals surface area (Å²) in [7, 11) is 0. The van der Waals surface area contributed by atoms with Gasteiger partial charge in [0, 0.05) is 0 Å². The van der Waals surface area contributed by atoms with Gasteiger partial charge in [0.05, 0.1) is 12.3 Å². The van der Waals surface area contributed by atoms with Crippen LogP contribution in [0.1, 0.15) is 0 Å². The average molecular weight is 271 g/mol. The maximum absolute atomic E-state index is 9.79. The maximum atomic E-state index is 9.79. The first-order chi connectivity index (χ1) is 9.04. The summed E-state index contributed by atoms with van der Waals surface area (Å²) in [5.41, 5.74) is 6.04. The van der Waals surface area contributed by atoms with E-state index in [9.17, 15) is 15.3 Å². The molecule has 106 valence electrons. The maximum Gasteiger partial charge on any atom is 0.229 e. The molecule has 0 amide bonds. The Bertz CT molecular complexity index is 426. The van der Waals surface area contributed by atoms with Gasteiger partial charge in [0.2, 0.25) is 6.29 Å². The number of nitrogen functional groups attached to an aromatic ring is 1. The third-order valence-electron chi connectivity index (χ3n) is 3.01. The highest BCUT2D eigenvalue weighted by atomic mass is 16.7. The standard InChI is InChI=1S/C12H17NO6/c13-6-3-1-2-4-7(6)18-12-11(17)10(16)9(15)8(5-14)19-12/h1-4,8-12,14-17H,5,13H2/t8-,9+,10+,11+,12-/m0/s1. The van der Waals surface area contributed by atoms with Gasteiger partial charge in [-0.15, -0.1) is 0 Å². The van der Waals surface area contributed by atoms with Gasteiger partial charge in [-0.2, -0.15) is 0 Å². The van der Waals surface area contributed by atoms with Gasteiger partial charge in [0.1, 0.15) is 30.2 Å². The molecule has 19 heavy (non-hydrogen) atoms. The smallest absolute Gasteiger partial charge is 0.229 e. The van der Waals surface area contributed by atoms with E-state index in [-0.39, 0.29) is 5.75 Å². The molecule has 1 saturated heterocycles. The minimum Gasteiger partial charge on any atom is -0.460 e. The van der Waals surface area contributed by atoms with Crippen LogP contribution in [-0.4, -0.2) is 57.7 Å². The number of hydrogen-bond acceptors (Lipinski definition) is 7.